The van der Waals surface area contributed by atoms with E-state index in [-0.39, 0.29) is 16.7 Å². The summed E-state index contributed by atoms with van der Waals surface area (Å²) in [6.45, 7) is 6.28. The van der Waals surface area contributed by atoms with Crippen molar-refractivity contribution < 1.29 is 27.5 Å². The first-order valence-electron chi connectivity index (χ1n) is 10.3. The van der Waals surface area contributed by atoms with E-state index in [2.05, 4.69) is 9.62 Å². The van der Waals surface area contributed by atoms with Gasteiger partial charge < -0.3 is 19.3 Å². The molecule has 2 heterocycles. The standard InChI is InChI=1S/C20H30N4O6S/c1-16(21-31(27,28)18-5-3-17(29-2)4-6-18)20(26)24-9-7-23(8-10-24)19(25)15-22-11-13-30-14-12-22/h3-6,16,21H,7-15H2,1-2H3/t16-/m0/s1. The molecule has 10 nitrogen and oxygen atoms in total. The largest absolute Gasteiger partial charge is 0.497 e. The maximum atomic E-state index is 12.8. The van der Waals surface area contributed by atoms with E-state index in [4.69, 9.17) is 9.47 Å². The van der Waals surface area contributed by atoms with E-state index in [9.17, 15) is 18.0 Å². The average molecular weight is 455 g/mol. The number of hydrogen-bond donors (Lipinski definition) is 1. The van der Waals surface area contributed by atoms with Gasteiger partial charge in [0.25, 0.3) is 0 Å². The number of ether oxygens (including phenoxy) is 2. The van der Waals surface area contributed by atoms with Crippen LogP contribution in [0.15, 0.2) is 29.2 Å². The van der Waals surface area contributed by atoms with E-state index in [1.165, 1.54) is 26.2 Å². The van der Waals surface area contributed by atoms with Gasteiger partial charge in [0, 0.05) is 39.3 Å². The first kappa shape index (κ1) is 23.5. The predicted octanol–water partition coefficient (Wildman–Crippen LogP) is -0.635. The smallest absolute Gasteiger partial charge is 0.241 e. The molecular weight excluding hydrogens is 424 g/mol. The Morgan fingerprint density at radius 1 is 1.03 bits per heavy atom. The maximum absolute atomic E-state index is 12.8. The third-order valence-corrected chi connectivity index (χ3v) is 7.04. The molecule has 3 rings (SSSR count). The Morgan fingerprint density at radius 2 is 1.61 bits per heavy atom. The van der Waals surface area contributed by atoms with E-state index < -0.39 is 16.1 Å². The number of piperazine rings is 1. The van der Waals surface area contributed by atoms with Gasteiger partial charge in [0.05, 0.1) is 37.8 Å². The fraction of sp³-hybridized carbons (Fsp3) is 0.600. The lowest BCUT2D eigenvalue weighted by atomic mass is 10.2. The quantitative estimate of drug-likeness (QED) is 0.584. The lowest BCUT2D eigenvalue weighted by molar-refractivity contribution is -0.141. The van der Waals surface area contributed by atoms with Gasteiger partial charge in [-0.1, -0.05) is 0 Å². The van der Waals surface area contributed by atoms with Gasteiger partial charge in [-0.3, -0.25) is 14.5 Å². The number of nitrogens with one attached hydrogen (secondary N) is 1. The van der Waals surface area contributed by atoms with Crippen molar-refractivity contribution in [1.29, 1.82) is 0 Å². The Balaban J connectivity index is 1.49. The second-order valence-electron chi connectivity index (χ2n) is 7.61. The van der Waals surface area contributed by atoms with Crippen LogP contribution in [0.3, 0.4) is 0 Å². The molecule has 0 unspecified atom stereocenters. The van der Waals surface area contributed by atoms with Crippen molar-refractivity contribution in [3.63, 3.8) is 0 Å². The minimum atomic E-state index is -3.84. The molecule has 0 radical (unpaired) electrons. The second-order valence-corrected chi connectivity index (χ2v) is 9.33. The highest BCUT2D eigenvalue weighted by molar-refractivity contribution is 7.89. The van der Waals surface area contributed by atoms with Crippen LogP contribution in [-0.4, -0.2) is 107 Å². The number of morpholine rings is 1. The summed E-state index contributed by atoms with van der Waals surface area (Å²) in [5, 5.41) is 0. The third kappa shape index (κ3) is 6.16. The average Bonchev–Trinajstić information content (AvgIpc) is 2.79. The highest BCUT2D eigenvalue weighted by Crippen LogP contribution is 2.16. The number of methoxy groups -OCH3 is 1. The molecule has 2 amide bonds. The van der Waals surface area contributed by atoms with Gasteiger partial charge in [-0.15, -0.1) is 0 Å². The van der Waals surface area contributed by atoms with Crippen molar-refractivity contribution in [3.8, 4) is 5.75 Å². The molecule has 172 valence electrons. The summed E-state index contributed by atoms with van der Waals surface area (Å²) >= 11 is 0. The number of rotatable bonds is 7. The Kier molecular flexibility index (Phi) is 7.87. The van der Waals surface area contributed by atoms with Gasteiger partial charge in [-0.25, -0.2) is 8.42 Å². The fourth-order valence-electron chi connectivity index (χ4n) is 3.61. The number of sulfonamides is 1. The number of carbonyl (C=O) groups is 2. The van der Waals surface area contributed by atoms with Crippen LogP contribution in [0.1, 0.15) is 6.92 Å². The second kappa shape index (κ2) is 10.4. The molecule has 1 aromatic rings. The molecule has 11 heteroatoms. The minimum Gasteiger partial charge on any atom is -0.497 e. The van der Waals surface area contributed by atoms with Crippen molar-refractivity contribution in [2.75, 3.05) is 66.1 Å². The third-order valence-electron chi connectivity index (χ3n) is 5.48. The van der Waals surface area contributed by atoms with Crippen molar-refractivity contribution in [2.45, 2.75) is 17.9 Å². The molecular formula is C20H30N4O6S. The van der Waals surface area contributed by atoms with Crippen LogP contribution >= 0.6 is 0 Å². The van der Waals surface area contributed by atoms with Crippen molar-refractivity contribution >= 4 is 21.8 Å². The molecule has 1 N–H and O–H groups in total. The van der Waals surface area contributed by atoms with Crippen LogP contribution in [0.25, 0.3) is 0 Å². The molecule has 2 aliphatic heterocycles. The first-order chi connectivity index (χ1) is 14.8. The molecule has 2 fully saturated rings. The number of carbonyl (C=O) groups excluding carboxylic acids is 2. The zero-order valence-electron chi connectivity index (χ0n) is 18.0. The van der Waals surface area contributed by atoms with Crippen LogP contribution in [-0.2, 0) is 24.3 Å². The molecule has 2 saturated heterocycles. The summed E-state index contributed by atoms with van der Waals surface area (Å²) in [5.74, 6) is 0.281. The Bertz CT molecular complexity index is 862. The Labute approximate surface area is 183 Å². The van der Waals surface area contributed by atoms with E-state index in [0.717, 1.165) is 13.1 Å². The molecule has 0 aliphatic carbocycles. The van der Waals surface area contributed by atoms with Crippen LogP contribution < -0.4 is 9.46 Å². The molecule has 0 saturated carbocycles. The SMILES string of the molecule is COc1ccc(S(=O)(=O)N[C@@H](C)C(=O)N2CCN(C(=O)CN3CCOCC3)CC2)cc1. The first-order valence-corrected chi connectivity index (χ1v) is 11.8. The van der Waals surface area contributed by atoms with Crippen LogP contribution in [0.4, 0.5) is 0 Å². The van der Waals surface area contributed by atoms with Crippen LogP contribution in [0.2, 0.25) is 0 Å². The summed E-state index contributed by atoms with van der Waals surface area (Å²) in [4.78, 5) is 30.7. The maximum Gasteiger partial charge on any atom is 0.241 e. The Hall–Kier alpha value is -2.21. The van der Waals surface area contributed by atoms with Gasteiger partial charge >= 0.3 is 0 Å². The number of amides is 2. The van der Waals surface area contributed by atoms with Crippen molar-refractivity contribution in [3.05, 3.63) is 24.3 Å². The topological polar surface area (TPSA) is 108 Å². The van der Waals surface area contributed by atoms with Gasteiger partial charge in [-0.05, 0) is 31.2 Å². The number of nitrogens with zero attached hydrogens (tertiary/aromatic N) is 3. The van der Waals surface area contributed by atoms with Crippen LogP contribution in [0, 0.1) is 0 Å². The van der Waals surface area contributed by atoms with Gasteiger partial charge in [0.1, 0.15) is 5.75 Å². The normalized spacial score (nSPS) is 19.2. The lowest BCUT2D eigenvalue weighted by Crippen LogP contribution is -2.56. The van der Waals surface area contributed by atoms with E-state index in [1.54, 1.807) is 21.9 Å². The highest BCUT2D eigenvalue weighted by Gasteiger charge is 2.30. The summed E-state index contributed by atoms with van der Waals surface area (Å²) in [6, 6.07) is 5.04. The van der Waals surface area contributed by atoms with Gasteiger partial charge in [0.2, 0.25) is 21.8 Å². The summed E-state index contributed by atoms with van der Waals surface area (Å²) < 4.78 is 37.9. The van der Waals surface area contributed by atoms with Crippen molar-refractivity contribution in [2.24, 2.45) is 0 Å². The molecule has 0 bridgehead atoms. The molecule has 1 atom stereocenters. The summed E-state index contributed by atoms with van der Waals surface area (Å²) in [6.07, 6.45) is 0. The lowest BCUT2D eigenvalue weighted by Gasteiger charge is -2.37. The van der Waals surface area contributed by atoms with E-state index in [0.29, 0.717) is 51.7 Å². The molecule has 2 aliphatic rings. The zero-order valence-corrected chi connectivity index (χ0v) is 18.8. The number of hydrogen-bond acceptors (Lipinski definition) is 7. The van der Waals surface area contributed by atoms with Crippen molar-refractivity contribution in [1.82, 2.24) is 19.4 Å². The van der Waals surface area contributed by atoms with E-state index >= 15 is 0 Å². The fourth-order valence-corrected chi connectivity index (χ4v) is 4.80. The monoisotopic (exact) mass is 454 g/mol. The molecule has 1 aromatic carbocycles. The molecule has 0 aromatic heterocycles. The minimum absolute atomic E-state index is 0.0438. The summed E-state index contributed by atoms with van der Waals surface area (Å²) in [5.41, 5.74) is 0. The molecule has 0 spiro atoms. The van der Waals surface area contributed by atoms with E-state index in [1.807, 2.05) is 0 Å². The van der Waals surface area contributed by atoms with Gasteiger partial charge in [-0.2, -0.15) is 4.72 Å². The zero-order chi connectivity index (χ0) is 22.4. The van der Waals surface area contributed by atoms with Gasteiger partial charge in [0.15, 0.2) is 0 Å². The molecule has 31 heavy (non-hydrogen) atoms. The van der Waals surface area contributed by atoms with Crippen LogP contribution in [0.5, 0.6) is 5.75 Å². The predicted molar refractivity (Wildman–Crippen MR) is 113 cm³/mol. The summed E-state index contributed by atoms with van der Waals surface area (Å²) in [7, 11) is -2.34. The Morgan fingerprint density at radius 3 is 2.19 bits per heavy atom. The highest BCUT2D eigenvalue weighted by atomic mass is 32.2. The number of benzene rings is 1.